The standard InChI is InChI=1S/C11H20O2S/c1-2-7-14-9-11(12)8-10-3-5-13-6-4-10/h10H,2-9H2,1H3. The molecule has 0 unspecified atom stereocenters. The van der Waals surface area contributed by atoms with Gasteiger partial charge in [-0.2, -0.15) is 11.8 Å². The van der Waals surface area contributed by atoms with Crippen molar-refractivity contribution in [1.82, 2.24) is 0 Å². The molecule has 0 spiro atoms. The van der Waals surface area contributed by atoms with E-state index in [1.54, 1.807) is 11.8 Å². The number of hydrogen-bond acceptors (Lipinski definition) is 3. The summed E-state index contributed by atoms with van der Waals surface area (Å²) >= 11 is 1.77. The first-order valence-electron chi connectivity index (χ1n) is 5.50. The summed E-state index contributed by atoms with van der Waals surface area (Å²) in [4.78, 5) is 11.5. The van der Waals surface area contributed by atoms with Crippen LogP contribution in [0.25, 0.3) is 0 Å². The van der Waals surface area contributed by atoms with Gasteiger partial charge in [-0.1, -0.05) is 6.92 Å². The van der Waals surface area contributed by atoms with Gasteiger partial charge in [-0.05, 0) is 30.9 Å². The Balaban J connectivity index is 2.06. The largest absolute Gasteiger partial charge is 0.381 e. The fourth-order valence-electron chi connectivity index (χ4n) is 1.66. The minimum atomic E-state index is 0.426. The maximum Gasteiger partial charge on any atom is 0.143 e. The van der Waals surface area contributed by atoms with Gasteiger partial charge in [-0.25, -0.2) is 0 Å². The van der Waals surface area contributed by atoms with Gasteiger partial charge in [0, 0.05) is 19.6 Å². The topological polar surface area (TPSA) is 26.3 Å². The van der Waals surface area contributed by atoms with Crippen LogP contribution in [0.5, 0.6) is 0 Å². The van der Waals surface area contributed by atoms with E-state index in [9.17, 15) is 4.79 Å². The molecule has 3 heteroatoms. The van der Waals surface area contributed by atoms with Gasteiger partial charge in [-0.15, -0.1) is 0 Å². The minimum absolute atomic E-state index is 0.426. The molecular weight excluding hydrogens is 196 g/mol. The molecular formula is C11H20O2S. The van der Waals surface area contributed by atoms with Crippen molar-refractivity contribution in [2.45, 2.75) is 32.6 Å². The van der Waals surface area contributed by atoms with E-state index in [1.807, 2.05) is 0 Å². The Labute approximate surface area is 90.8 Å². The number of ketones is 1. The Hall–Kier alpha value is -0.0200. The Morgan fingerprint density at radius 3 is 2.79 bits per heavy atom. The van der Waals surface area contributed by atoms with Crippen LogP contribution in [0.2, 0.25) is 0 Å². The van der Waals surface area contributed by atoms with Gasteiger partial charge in [0.05, 0.1) is 5.75 Å². The van der Waals surface area contributed by atoms with Crippen molar-refractivity contribution in [3.05, 3.63) is 0 Å². The fraction of sp³-hybridized carbons (Fsp3) is 0.909. The number of hydrogen-bond donors (Lipinski definition) is 0. The number of carbonyl (C=O) groups excluding carboxylic acids is 1. The smallest absolute Gasteiger partial charge is 0.143 e. The van der Waals surface area contributed by atoms with Gasteiger partial charge in [0.15, 0.2) is 0 Å². The third-order valence-corrected chi connectivity index (χ3v) is 3.69. The van der Waals surface area contributed by atoms with Crippen LogP contribution in [-0.4, -0.2) is 30.5 Å². The van der Waals surface area contributed by atoms with Crippen molar-refractivity contribution in [2.75, 3.05) is 24.7 Å². The normalized spacial score (nSPS) is 18.4. The van der Waals surface area contributed by atoms with E-state index in [4.69, 9.17) is 4.74 Å². The molecule has 0 aliphatic carbocycles. The summed E-state index contributed by atoms with van der Waals surface area (Å²) in [5.41, 5.74) is 0. The lowest BCUT2D eigenvalue weighted by Crippen LogP contribution is -2.19. The second-order valence-corrected chi connectivity index (χ2v) is 4.96. The van der Waals surface area contributed by atoms with Crippen LogP contribution in [-0.2, 0) is 9.53 Å². The van der Waals surface area contributed by atoms with Crippen molar-refractivity contribution < 1.29 is 9.53 Å². The number of carbonyl (C=O) groups is 1. The van der Waals surface area contributed by atoms with Gasteiger partial charge in [0.2, 0.25) is 0 Å². The molecule has 0 radical (unpaired) electrons. The Kier molecular flexibility index (Phi) is 6.28. The molecule has 1 heterocycles. The molecule has 1 aliphatic rings. The van der Waals surface area contributed by atoms with Crippen molar-refractivity contribution in [1.29, 1.82) is 0 Å². The highest BCUT2D eigenvalue weighted by Crippen LogP contribution is 2.19. The maximum atomic E-state index is 11.5. The zero-order valence-corrected chi connectivity index (χ0v) is 9.78. The van der Waals surface area contributed by atoms with Crippen LogP contribution >= 0.6 is 11.8 Å². The number of thioether (sulfide) groups is 1. The van der Waals surface area contributed by atoms with Gasteiger partial charge in [-0.3, -0.25) is 4.79 Å². The molecule has 1 fully saturated rings. The molecule has 0 N–H and O–H groups in total. The average molecular weight is 216 g/mol. The van der Waals surface area contributed by atoms with E-state index in [0.29, 0.717) is 17.5 Å². The molecule has 0 saturated carbocycles. The molecule has 1 rings (SSSR count). The van der Waals surface area contributed by atoms with Crippen molar-refractivity contribution in [3.8, 4) is 0 Å². The highest BCUT2D eigenvalue weighted by atomic mass is 32.2. The van der Waals surface area contributed by atoms with Gasteiger partial charge in [0.1, 0.15) is 5.78 Å². The second kappa shape index (κ2) is 7.30. The molecule has 0 bridgehead atoms. The van der Waals surface area contributed by atoms with E-state index in [1.165, 1.54) is 0 Å². The van der Waals surface area contributed by atoms with Gasteiger partial charge in [0.25, 0.3) is 0 Å². The number of ether oxygens (including phenoxy) is 1. The Morgan fingerprint density at radius 2 is 2.14 bits per heavy atom. The molecule has 82 valence electrons. The summed E-state index contributed by atoms with van der Waals surface area (Å²) in [6, 6.07) is 0. The summed E-state index contributed by atoms with van der Waals surface area (Å²) in [5, 5.41) is 0. The van der Waals surface area contributed by atoms with E-state index in [2.05, 4.69) is 6.92 Å². The summed E-state index contributed by atoms with van der Waals surface area (Å²) in [5.74, 6) is 2.85. The van der Waals surface area contributed by atoms with Crippen molar-refractivity contribution >= 4 is 17.5 Å². The molecule has 0 aromatic heterocycles. The number of rotatable bonds is 6. The first-order valence-corrected chi connectivity index (χ1v) is 6.65. The molecule has 0 amide bonds. The van der Waals surface area contributed by atoms with Crippen LogP contribution in [0.1, 0.15) is 32.6 Å². The van der Waals surface area contributed by atoms with E-state index in [0.717, 1.165) is 44.6 Å². The van der Waals surface area contributed by atoms with Gasteiger partial charge < -0.3 is 4.74 Å². The second-order valence-electron chi connectivity index (χ2n) is 3.85. The third-order valence-electron chi connectivity index (χ3n) is 2.47. The van der Waals surface area contributed by atoms with Crippen molar-refractivity contribution in [3.63, 3.8) is 0 Å². The van der Waals surface area contributed by atoms with Crippen LogP contribution in [0.15, 0.2) is 0 Å². The molecule has 0 atom stereocenters. The minimum Gasteiger partial charge on any atom is -0.381 e. The predicted octanol–water partition coefficient (Wildman–Crippen LogP) is 2.52. The maximum absolute atomic E-state index is 11.5. The lowest BCUT2D eigenvalue weighted by molar-refractivity contribution is -0.118. The first kappa shape index (κ1) is 12.1. The zero-order chi connectivity index (χ0) is 10.2. The van der Waals surface area contributed by atoms with E-state index in [-0.39, 0.29) is 0 Å². The third kappa shape index (κ3) is 5.01. The monoisotopic (exact) mass is 216 g/mol. The molecule has 1 saturated heterocycles. The quantitative estimate of drug-likeness (QED) is 0.638. The number of Topliss-reactive ketones (excluding diaryl/α,β-unsaturated/α-hetero) is 1. The molecule has 14 heavy (non-hydrogen) atoms. The highest BCUT2D eigenvalue weighted by Gasteiger charge is 2.16. The molecule has 0 aromatic rings. The molecule has 0 aromatic carbocycles. The summed E-state index contributed by atoms with van der Waals surface area (Å²) in [6.45, 7) is 3.84. The lowest BCUT2D eigenvalue weighted by atomic mass is 9.95. The Morgan fingerprint density at radius 1 is 1.43 bits per heavy atom. The predicted molar refractivity (Wildman–Crippen MR) is 60.8 cm³/mol. The van der Waals surface area contributed by atoms with Crippen LogP contribution < -0.4 is 0 Å². The van der Waals surface area contributed by atoms with Crippen LogP contribution in [0, 0.1) is 5.92 Å². The Bertz CT molecular complexity index is 165. The highest BCUT2D eigenvalue weighted by molar-refractivity contribution is 7.99. The first-order chi connectivity index (χ1) is 6.83. The molecule has 2 nitrogen and oxygen atoms in total. The SMILES string of the molecule is CCCSCC(=O)CC1CCOCC1. The zero-order valence-electron chi connectivity index (χ0n) is 8.96. The van der Waals surface area contributed by atoms with E-state index >= 15 is 0 Å². The average Bonchev–Trinajstić information content (AvgIpc) is 2.20. The van der Waals surface area contributed by atoms with Gasteiger partial charge >= 0.3 is 0 Å². The summed E-state index contributed by atoms with van der Waals surface area (Å²) < 4.78 is 5.26. The van der Waals surface area contributed by atoms with E-state index < -0.39 is 0 Å². The summed E-state index contributed by atoms with van der Waals surface area (Å²) in [6.07, 6.45) is 4.09. The van der Waals surface area contributed by atoms with Crippen LogP contribution in [0.3, 0.4) is 0 Å². The summed E-state index contributed by atoms with van der Waals surface area (Å²) in [7, 11) is 0. The molecule has 1 aliphatic heterocycles. The van der Waals surface area contributed by atoms with Crippen LogP contribution in [0.4, 0.5) is 0 Å². The van der Waals surface area contributed by atoms with Crippen molar-refractivity contribution in [2.24, 2.45) is 5.92 Å². The lowest BCUT2D eigenvalue weighted by Gasteiger charge is -2.21. The fourth-order valence-corrected chi connectivity index (χ4v) is 2.44.